The summed E-state index contributed by atoms with van der Waals surface area (Å²) in [5.41, 5.74) is 2.36. The van der Waals surface area contributed by atoms with Gasteiger partial charge in [0, 0.05) is 36.6 Å². The van der Waals surface area contributed by atoms with E-state index in [9.17, 15) is 18.0 Å². The molecule has 3 aliphatic rings. The van der Waals surface area contributed by atoms with E-state index < -0.39 is 23.5 Å². The summed E-state index contributed by atoms with van der Waals surface area (Å²) in [5.74, 6) is 0.168. The van der Waals surface area contributed by atoms with Gasteiger partial charge in [0.25, 0.3) is 0 Å². The SMILES string of the molecule is O=C1Nc2ccccc2C12CC(Cc1ccc(C(F)(F)F)o1)Oc1cc3c(cc12)CCO3. The summed E-state index contributed by atoms with van der Waals surface area (Å²) >= 11 is 0. The van der Waals surface area contributed by atoms with Crippen LogP contribution >= 0.6 is 0 Å². The summed E-state index contributed by atoms with van der Waals surface area (Å²) in [7, 11) is 0. The molecule has 0 saturated heterocycles. The van der Waals surface area contributed by atoms with Crippen molar-refractivity contribution in [2.45, 2.75) is 37.0 Å². The Balaban J connectivity index is 1.45. The number of halogens is 3. The molecule has 6 rings (SSSR count). The van der Waals surface area contributed by atoms with Crippen LogP contribution in [0.15, 0.2) is 52.9 Å². The Morgan fingerprint density at radius 2 is 1.91 bits per heavy atom. The van der Waals surface area contributed by atoms with Crippen molar-refractivity contribution in [2.24, 2.45) is 0 Å². The largest absolute Gasteiger partial charge is 0.493 e. The lowest BCUT2D eigenvalue weighted by Crippen LogP contribution is -2.45. The first-order valence-corrected chi connectivity index (χ1v) is 10.4. The number of ether oxygens (including phenoxy) is 2. The van der Waals surface area contributed by atoms with Gasteiger partial charge in [0.05, 0.1) is 6.61 Å². The summed E-state index contributed by atoms with van der Waals surface area (Å²) in [6.07, 6.45) is -3.99. The number of benzene rings is 2. The third-order valence-electron chi connectivity index (χ3n) is 6.47. The minimum atomic E-state index is -4.55. The molecule has 32 heavy (non-hydrogen) atoms. The van der Waals surface area contributed by atoms with Gasteiger partial charge >= 0.3 is 6.18 Å². The van der Waals surface area contributed by atoms with E-state index in [2.05, 4.69) is 5.32 Å². The number of rotatable bonds is 2. The molecule has 1 amide bonds. The molecule has 0 aliphatic carbocycles. The number of hydrogen-bond donors (Lipinski definition) is 1. The minimum Gasteiger partial charge on any atom is -0.493 e. The lowest BCUT2D eigenvalue weighted by Gasteiger charge is -2.38. The molecule has 8 heteroatoms. The normalized spacial score (nSPS) is 23.2. The van der Waals surface area contributed by atoms with Crippen molar-refractivity contribution < 1.29 is 31.9 Å². The second-order valence-electron chi connectivity index (χ2n) is 8.37. The van der Waals surface area contributed by atoms with Crippen LogP contribution in [0.1, 0.15) is 34.6 Å². The van der Waals surface area contributed by atoms with Gasteiger partial charge in [0.2, 0.25) is 11.7 Å². The van der Waals surface area contributed by atoms with E-state index in [1.807, 2.05) is 30.3 Å². The second kappa shape index (κ2) is 6.54. The number of amides is 1. The number of hydrogen-bond acceptors (Lipinski definition) is 4. The summed E-state index contributed by atoms with van der Waals surface area (Å²) in [5, 5.41) is 2.98. The second-order valence-corrected chi connectivity index (χ2v) is 8.37. The highest BCUT2D eigenvalue weighted by atomic mass is 19.4. The van der Waals surface area contributed by atoms with Crippen LogP contribution in [0.25, 0.3) is 0 Å². The van der Waals surface area contributed by atoms with E-state index in [0.29, 0.717) is 18.1 Å². The first-order valence-electron chi connectivity index (χ1n) is 10.4. The van der Waals surface area contributed by atoms with E-state index in [4.69, 9.17) is 13.9 Å². The molecule has 1 spiro atoms. The molecule has 0 saturated carbocycles. The molecule has 0 radical (unpaired) electrons. The van der Waals surface area contributed by atoms with Crippen LogP contribution in [-0.2, 0) is 29.2 Å². The number of anilines is 1. The summed E-state index contributed by atoms with van der Waals surface area (Å²) in [6.45, 7) is 0.560. The Hall–Kier alpha value is -3.42. The highest BCUT2D eigenvalue weighted by Gasteiger charge is 2.54. The molecule has 2 atom stereocenters. The van der Waals surface area contributed by atoms with Gasteiger partial charge in [-0.1, -0.05) is 18.2 Å². The molecule has 4 heterocycles. The lowest BCUT2D eigenvalue weighted by atomic mass is 9.69. The van der Waals surface area contributed by atoms with Crippen molar-refractivity contribution in [1.82, 2.24) is 0 Å². The van der Waals surface area contributed by atoms with E-state index in [1.54, 1.807) is 6.07 Å². The zero-order valence-electron chi connectivity index (χ0n) is 16.8. The van der Waals surface area contributed by atoms with E-state index in [1.165, 1.54) is 6.07 Å². The number of furan rings is 1. The fourth-order valence-electron chi connectivity index (χ4n) is 5.07. The Morgan fingerprint density at radius 1 is 1.06 bits per heavy atom. The van der Waals surface area contributed by atoms with Crippen molar-refractivity contribution >= 4 is 11.6 Å². The molecule has 3 aromatic rings. The van der Waals surface area contributed by atoms with Crippen LogP contribution in [0.5, 0.6) is 11.5 Å². The number of carbonyl (C=O) groups is 1. The Kier molecular flexibility index (Phi) is 3.94. The van der Waals surface area contributed by atoms with E-state index in [-0.39, 0.29) is 24.5 Å². The first-order chi connectivity index (χ1) is 15.3. The van der Waals surface area contributed by atoms with Crippen molar-refractivity contribution in [3.63, 3.8) is 0 Å². The number of para-hydroxylation sites is 1. The van der Waals surface area contributed by atoms with Crippen LogP contribution in [0, 0.1) is 0 Å². The fraction of sp³-hybridized carbons (Fsp3) is 0.292. The molecular formula is C24H18F3NO4. The predicted octanol–water partition coefficient (Wildman–Crippen LogP) is 4.87. The Labute approximate surface area is 181 Å². The third kappa shape index (κ3) is 2.75. The molecule has 2 unspecified atom stereocenters. The molecule has 0 bridgehead atoms. The zero-order valence-corrected chi connectivity index (χ0v) is 16.8. The average molecular weight is 441 g/mol. The summed E-state index contributed by atoms with van der Waals surface area (Å²) < 4.78 is 55.8. The minimum absolute atomic E-state index is 0.102. The monoisotopic (exact) mass is 441 g/mol. The van der Waals surface area contributed by atoms with Gasteiger partial charge < -0.3 is 19.2 Å². The van der Waals surface area contributed by atoms with Gasteiger partial charge in [-0.25, -0.2) is 0 Å². The van der Waals surface area contributed by atoms with Gasteiger partial charge in [-0.3, -0.25) is 4.79 Å². The summed E-state index contributed by atoms with van der Waals surface area (Å²) in [4.78, 5) is 13.4. The van der Waals surface area contributed by atoms with Crippen LogP contribution in [-0.4, -0.2) is 18.6 Å². The van der Waals surface area contributed by atoms with Gasteiger partial charge in [-0.2, -0.15) is 13.2 Å². The molecule has 164 valence electrons. The highest BCUT2D eigenvalue weighted by Crippen LogP contribution is 2.53. The van der Waals surface area contributed by atoms with Crippen LogP contribution < -0.4 is 14.8 Å². The van der Waals surface area contributed by atoms with Crippen molar-refractivity contribution in [3.8, 4) is 11.5 Å². The van der Waals surface area contributed by atoms with Gasteiger partial charge in [0.1, 0.15) is 28.8 Å². The quantitative estimate of drug-likeness (QED) is 0.617. The van der Waals surface area contributed by atoms with Crippen molar-refractivity contribution in [1.29, 1.82) is 0 Å². The zero-order chi connectivity index (χ0) is 22.1. The average Bonchev–Trinajstić information content (AvgIpc) is 3.46. The van der Waals surface area contributed by atoms with Crippen molar-refractivity contribution in [3.05, 3.63) is 76.7 Å². The lowest BCUT2D eigenvalue weighted by molar-refractivity contribution is -0.153. The van der Waals surface area contributed by atoms with E-state index in [0.717, 1.165) is 34.9 Å². The van der Waals surface area contributed by atoms with Gasteiger partial charge in [-0.15, -0.1) is 0 Å². The molecule has 5 nitrogen and oxygen atoms in total. The van der Waals surface area contributed by atoms with Crippen LogP contribution in [0.3, 0.4) is 0 Å². The third-order valence-corrected chi connectivity index (χ3v) is 6.47. The molecule has 2 aromatic carbocycles. The maximum atomic E-state index is 13.4. The molecule has 1 N–H and O–H groups in total. The Bertz CT molecular complexity index is 1250. The number of alkyl halides is 3. The molecule has 0 fully saturated rings. The van der Waals surface area contributed by atoms with Gasteiger partial charge in [-0.05, 0) is 35.4 Å². The van der Waals surface area contributed by atoms with Gasteiger partial charge in [0.15, 0.2) is 0 Å². The van der Waals surface area contributed by atoms with Crippen LogP contribution in [0.2, 0.25) is 0 Å². The highest BCUT2D eigenvalue weighted by molar-refractivity contribution is 6.09. The fourth-order valence-corrected chi connectivity index (χ4v) is 5.07. The molecular weight excluding hydrogens is 423 g/mol. The summed E-state index contributed by atoms with van der Waals surface area (Å²) in [6, 6.07) is 13.5. The topological polar surface area (TPSA) is 60.7 Å². The van der Waals surface area contributed by atoms with E-state index >= 15 is 0 Å². The standard InChI is InChI=1S/C24H18F3NO4/c25-24(26,27)21-6-5-14(32-21)10-15-12-23(16-3-1-2-4-18(16)28-22(23)29)17-9-13-7-8-30-19(13)11-20(17)31-15/h1-6,9,11,15H,7-8,10,12H2,(H,28,29). The molecule has 3 aliphatic heterocycles. The smallest absolute Gasteiger partial charge is 0.449 e. The van der Waals surface area contributed by atoms with Crippen molar-refractivity contribution in [2.75, 3.05) is 11.9 Å². The Morgan fingerprint density at radius 3 is 2.72 bits per heavy atom. The maximum Gasteiger partial charge on any atom is 0.449 e. The number of nitrogens with one attached hydrogen (secondary N) is 1. The molecule has 1 aromatic heterocycles. The first kappa shape index (κ1) is 19.3. The number of fused-ring (bicyclic) bond motifs is 5. The predicted molar refractivity (Wildman–Crippen MR) is 108 cm³/mol. The number of carbonyl (C=O) groups excluding carboxylic acids is 1. The van der Waals surface area contributed by atoms with Crippen LogP contribution in [0.4, 0.5) is 18.9 Å². The maximum absolute atomic E-state index is 13.4.